The summed E-state index contributed by atoms with van der Waals surface area (Å²) in [4.78, 5) is 21.4. The topological polar surface area (TPSA) is 75.0 Å². The number of nitrogen functional groups attached to an aromatic ring is 1. The number of nitrogens with one attached hydrogen (secondary N) is 1. The number of fused-ring (bicyclic) bond motifs is 1. The number of rotatable bonds is 4. The molecule has 0 atom stereocenters. The summed E-state index contributed by atoms with van der Waals surface area (Å²) in [5, 5.41) is 1.96. The normalized spacial score (nSPS) is 11.1. The van der Waals surface area contributed by atoms with Gasteiger partial charge in [-0.15, -0.1) is 0 Å². The first-order valence-corrected chi connectivity index (χ1v) is 9.06. The summed E-state index contributed by atoms with van der Waals surface area (Å²) in [6.45, 7) is 2.08. The number of aryl methyl sites for hydroxylation is 1. The molecule has 0 spiro atoms. The number of nitrogens with two attached hydrogens (primary N) is 1. The third kappa shape index (κ3) is 3.13. The zero-order valence-corrected chi connectivity index (χ0v) is 16.4. The molecule has 3 aromatic rings. The van der Waals surface area contributed by atoms with Crippen LogP contribution in [0.2, 0.25) is 10.2 Å². The van der Waals surface area contributed by atoms with Crippen molar-refractivity contribution in [2.75, 3.05) is 19.8 Å². The molecule has 0 bridgehead atoms. The van der Waals surface area contributed by atoms with Crippen LogP contribution in [0.5, 0.6) is 0 Å². The van der Waals surface area contributed by atoms with E-state index >= 15 is 0 Å². The molecular formula is C19H20Cl2N4O. The summed E-state index contributed by atoms with van der Waals surface area (Å²) in [6, 6.07) is 5.30. The molecule has 3 N–H and O–H groups in total. The molecule has 0 aliphatic heterocycles. The maximum absolute atomic E-state index is 12.4. The molecule has 0 fully saturated rings. The number of amides is 1. The Labute approximate surface area is 162 Å². The van der Waals surface area contributed by atoms with Crippen molar-refractivity contribution >= 4 is 45.8 Å². The van der Waals surface area contributed by atoms with E-state index in [0.717, 1.165) is 34.9 Å². The summed E-state index contributed by atoms with van der Waals surface area (Å²) in [7, 11) is 3.38. The van der Waals surface area contributed by atoms with E-state index in [1.54, 1.807) is 32.4 Å². The van der Waals surface area contributed by atoms with Crippen molar-refractivity contribution < 1.29 is 4.79 Å². The highest BCUT2D eigenvalue weighted by atomic mass is 35.5. The highest BCUT2D eigenvalue weighted by Crippen LogP contribution is 2.38. The van der Waals surface area contributed by atoms with Crippen LogP contribution in [0.1, 0.15) is 29.3 Å². The minimum absolute atomic E-state index is 0.161. The fraction of sp³-hybridized carbons (Fsp3) is 0.263. The molecule has 3 rings (SSSR count). The van der Waals surface area contributed by atoms with Gasteiger partial charge in [0, 0.05) is 36.9 Å². The van der Waals surface area contributed by atoms with Gasteiger partial charge in [-0.3, -0.25) is 4.79 Å². The van der Waals surface area contributed by atoms with Crippen LogP contribution in [-0.2, 0) is 6.42 Å². The second kappa shape index (κ2) is 7.17. The predicted molar refractivity (Wildman–Crippen MR) is 108 cm³/mol. The standard InChI is InChI=1S/C19H20Cl2N4O/c1-4-5-11-15-16(20)13(9-23-18(15)24-17(11)21)10-6-7-14(22)12(8-10)19(26)25(2)3/h6-9H,4-5,22H2,1-3H3,(H,23,24). The Bertz CT molecular complexity index is 995. The molecule has 0 unspecified atom stereocenters. The lowest BCUT2D eigenvalue weighted by Crippen LogP contribution is -2.22. The fourth-order valence-corrected chi connectivity index (χ4v) is 3.62. The molecule has 5 nitrogen and oxygen atoms in total. The number of nitrogens with zero attached hydrogens (tertiary/aromatic N) is 2. The van der Waals surface area contributed by atoms with Gasteiger partial charge >= 0.3 is 0 Å². The van der Waals surface area contributed by atoms with Crippen LogP contribution in [0.25, 0.3) is 22.2 Å². The summed E-state index contributed by atoms with van der Waals surface area (Å²) >= 11 is 13.0. The van der Waals surface area contributed by atoms with E-state index in [2.05, 4.69) is 16.9 Å². The zero-order valence-electron chi connectivity index (χ0n) is 14.9. The Morgan fingerprint density at radius 3 is 2.69 bits per heavy atom. The van der Waals surface area contributed by atoms with Gasteiger partial charge in [0.15, 0.2) is 0 Å². The minimum Gasteiger partial charge on any atom is -0.398 e. The van der Waals surface area contributed by atoms with E-state index in [0.29, 0.717) is 27.1 Å². The lowest BCUT2D eigenvalue weighted by molar-refractivity contribution is 0.0828. The van der Waals surface area contributed by atoms with E-state index in [1.165, 1.54) is 4.90 Å². The third-order valence-corrected chi connectivity index (χ3v) is 5.03. The molecule has 136 valence electrons. The molecule has 0 saturated heterocycles. The van der Waals surface area contributed by atoms with E-state index in [-0.39, 0.29) is 5.91 Å². The first-order chi connectivity index (χ1) is 12.3. The molecule has 0 aliphatic carbocycles. The molecule has 0 saturated carbocycles. The Hall–Kier alpha value is -2.24. The van der Waals surface area contributed by atoms with Gasteiger partial charge in [-0.2, -0.15) is 0 Å². The number of carbonyl (C=O) groups is 1. The van der Waals surface area contributed by atoms with Gasteiger partial charge in [-0.25, -0.2) is 4.98 Å². The monoisotopic (exact) mass is 390 g/mol. The quantitative estimate of drug-likeness (QED) is 0.629. The van der Waals surface area contributed by atoms with Crippen molar-refractivity contribution in [3.63, 3.8) is 0 Å². The van der Waals surface area contributed by atoms with Crippen LogP contribution in [0.15, 0.2) is 24.4 Å². The van der Waals surface area contributed by atoms with E-state index in [4.69, 9.17) is 28.9 Å². The molecule has 7 heteroatoms. The zero-order chi connectivity index (χ0) is 19.0. The van der Waals surface area contributed by atoms with Gasteiger partial charge in [0.1, 0.15) is 10.8 Å². The Balaban J connectivity index is 2.20. The number of anilines is 1. The van der Waals surface area contributed by atoms with Gasteiger partial charge in [0.25, 0.3) is 5.91 Å². The molecule has 26 heavy (non-hydrogen) atoms. The van der Waals surface area contributed by atoms with Crippen molar-refractivity contribution in [1.29, 1.82) is 0 Å². The summed E-state index contributed by atoms with van der Waals surface area (Å²) < 4.78 is 0. The number of aromatic amines is 1. The summed E-state index contributed by atoms with van der Waals surface area (Å²) in [5.74, 6) is -0.161. The van der Waals surface area contributed by atoms with E-state index in [9.17, 15) is 4.79 Å². The Morgan fingerprint density at radius 2 is 2.04 bits per heavy atom. The molecule has 1 amide bonds. The molecule has 0 radical (unpaired) electrons. The Morgan fingerprint density at radius 1 is 1.31 bits per heavy atom. The van der Waals surface area contributed by atoms with Crippen LogP contribution in [0.3, 0.4) is 0 Å². The average molecular weight is 391 g/mol. The maximum Gasteiger partial charge on any atom is 0.255 e. The predicted octanol–water partition coefficient (Wildman–Crippen LogP) is 4.77. The summed E-state index contributed by atoms with van der Waals surface area (Å²) in [6.07, 6.45) is 3.43. The average Bonchev–Trinajstić information content (AvgIpc) is 2.92. The largest absolute Gasteiger partial charge is 0.398 e. The highest BCUT2D eigenvalue weighted by molar-refractivity contribution is 6.39. The van der Waals surface area contributed by atoms with Crippen LogP contribution >= 0.6 is 23.2 Å². The van der Waals surface area contributed by atoms with Gasteiger partial charge in [-0.1, -0.05) is 42.6 Å². The Kier molecular flexibility index (Phi) is 5.12. The van der Waals surface area contributed by atoms with Gasteiger partial charge in [0.05, 0.1) is 10.6 Å². The fourth-order valence-electron chi connectivity index (χ4n) is 2.98. The van der Waals surface area contributed by atoms with Crippen molar-refractivity contribution in [2.45, 2.75) is 19.8 Å². The van der Waals surface area contributed by atoms with Crippen molar-refractivity contribution in [2.24, 2.45) is 0 Å². The van der Waals surface area contributed by atoms with Crippen molar-refractivity contribution in [3.05, 3.63) is 45.7 Å². The number of carbonyl (C=O) groups excluding carboxylic acids is 1. The number of benzene rings is 1. The highest BCUT2D eigenvalue weighted by Gasteiger charge is 2.19. The molecule has 2 aromatic heterocycles. The number of hydrogen-bond donors (Lipinski definition) is 2. The number of halogens is 2. The smallest absolute Gasteiger partial charge is 0.255 e. The number of pyridine rings is 1. The number of aromatic nitrogens is 2. The first-order valence-electron chi connectivity index (χ1n) is 8.31. The van der Waals surface area contributed by atoms with Gasteiger partial charge in [0.2, 0.25) is 0 Å². The number of hydrogen-bond acceptors (Lipinski definition) is 3. The van der Waals surface area contributed by atoms with Gasteiger partial charge in [-0.05, 0) is 29.7 Å². The molecule has 0 aliphatic rings. The van der Waals surface area contributed by atoms with Crippen LogP contribution in [0, 0.1) is 0 Å². The lowest BCUT2D eigenvalue weighted by Gasteiger charge is -2.14. The van der Waals surface area contributed by atoms with Crippen LogP contribution in [-0.4, -0.2) is 34.9 Å². The third-order valence-electron chi connectivity index (χ3n) is 4.31. The molecule has 1 aromatic carbocycles. The van der Waals surface area contributed by atoms with Crippen molar-refractivity contribution in [1.82, 2.24) is 14.9 Å². The number of H-pyrrole nitrogens is 1. The second-order valence-electron chi connectivity index (χ2n) is 6.38. The van der Waals surface area contributed by atoms with E-state index in [1.807, 2.05) is 6.07 Å². The molecule has 2 heterocycles. The second-order valence-corrected chi connectivity index (χ2v) is 7.13. The van der Waals surface area contributed by atoms with E-state index < -0.39 is 0 Å². The SMILES string of the molecule is CCCc1c(Cl)[nH]c2ncc(-c3ccc(N)c(C(=O)N(C)C)c3)c(Cl)c12. The van der Waals surface area contributed by atoms with Gasteiger partial charge < -0.3 is 15.6 Å². The minimum atomic E-state index is -0.161. The van der Waals surface area contributed by atoms with Crippen LogP contribution in [0.4, 0.5) is 5.69 Å². The van der Waals surface area contributed by atoms with Crippen LogP contribution < -0.4 is 5.73 Å². The summed E-state index contributed by atoms with van der Waals surface area (Å²) in [5.41, 5.74) is 9.98. The molecular weight excluding hydrogens is 371 g/mol. The lowest BCUT2D eigenvalue weighted by atomic mass is 10.0. The first kappa shape index (κ1) is 18.5. The maximum atomic E-state index is 12.4. The van der Waals surface area contributed by atoms with Crippen molar-refractivity contribution in [3.8, 4) is 11.1 Å².